The van der Waals surface area contributed by atoms with Crippen LogP contribution in [0.15, 0.2) is 52.0 Å². The maximum atomic E-state index is 12.7. The zero-order valence-corrected chi connectivity index (χ0v) is 16.8. The van der Waals surface area contributed by atoms with Crippen LogP contribution in [0, 0.1) is 0 Å². The Kier molecular flexibility index (Phi) is 7.77. The van der Waals surface area contributed by atoms with E-state index < -0.39 is 30.0 Å². The van der Waals surface area contributed by atoms with Crippen molar-refractivity contribution in [3.05, 3.63) is 58.1 Å². The Morgan fingerprint density at radius 1 is 1.17 bits per heavy atom. The molecule has 0 radical (unpaired) electrons. The number of hydrogen-bond acceptors (Lipinski definition) is 4. The van der Waals surface area contributed by atoms with Crippen molar-refractivity contribution in [1.29, 1.82) is 0 Å². The minimum Gasteiger partial charge on any atom is -0.493 e. The summed E-state index contributed by atoms with van der Waals surface area (Å²) >= 11 is 3.35. The van der Waals surface area contributed by atoms with Gasteiger partial charge in [-0.25, -0.2) is 5.43 Å². The van der Waals surface area contributed by atoms with Crippen molar-refractivity contribution in [3.63, 3.8) is 0 Å². The van der Waals surface area contributed by atoms with Gasteiger partial charge in [0.15, 0.2) is 0 Å². The van der Waals surface area contributed by atoms with Gasteiger partial charge in [0, 0.05) is 5.69 Å². The molecule has 0 aliphatic rings. The van der Waals surface area contributed by atoms with E-state index in [0.717, 1.165) is 22.7 Å². The monoisotopic (exact) mass is 471 g/mol. The molecule has 0 fully saturated rings. The first-order chi connectivity index (χ1) is 13.7. The molecule has 0 aromatic heterocycles. The van der Waals surface area contributed by atoms with E-state index in [-0.39, 0.29) is 5.69 Å². The Morgan fingerprint density at radius 2 is 1.93 bits per heavy atom. The van der Waals surface area contributed by atoms with Gasteiger partial charge in [0.25, 0.3) is 0 Å². The number of ether oxygens (including phenoxy) is 1. The van der Waals surface area contributed by atoms with Crippen LogP contribution in [0.5, 0.6) is 5.75 Å². The van der Waals surface area contributed by atoms with E-state index in [9.17, 15) is 22.8 Å². The molecule has 2 rings (SSSR count). The van der Waals surface area contributed by atoms with Gasteiger partial charge in [-0.15, -0.1) is 0 Å². The highest BCUT2D eigenvalue weighted by molar-refractivity contribution is 9.10. The van der Waals surface area contributed by atoms with Crippen LogP contribution in [0.1, 0.15) is 24.5 Å². The van der Waals surface area contributed by atoms with Gasteiger partial charge in [-0.3, -0.25) is 9.59 Å². The topological polar surface area (TPSA) is 79.8 Å². The fourth-order valence-electron chi connectivity index (χ4n) is 2.21. The molecular weight excluding hydrogens is 455 g/mol. The van der Waals surface area contributed by atoms with Gasteiger partial charge in [0.05, 0.1) is 22.9 Å². The molecule has 0 heterocycles. The standard InChI is InChI=1S/C19H17BrF3N3O3/c1-2-29-16-7-6-12(8-15(16)20)11-24-26-18(28)10-17(27)25-14-5-3-4-13(9-14)19(21,22)23/h3-9,11H,2,10H2,1H3,(H,25,27)(H,26,28). The lowest BCUT2D eigenvalue weighted by Crippen LogP contribution is -2.24. The predicted octanol–water partition coefficient (Wildman–Crippen LogP) is 4.35. The molecule has 29 heavy (non-hydrogen) atoms. The molecule has 0 aliphatic carbocycles. The van der Waals surface area contributed by atoms with Crippen LogP contribution < -0.4 is 15.5 Å². The fourth-order valence-corrected chi connectivity index (χ4v) is 2.72. The number of nitrogens with one attached hydrogen (secondary N) is 2. The lowest BCUT2D eigenvalue weighted by molar-refractivity contribution is -0.137. The first-order valence-corrected chi connectivity index (χ1v) is 9.19. The van der Waals surface area contributed by atoms with E-state index in [1.165, 1.54) is 12.3 Å². The van der Waals surface area contributed by atoms with Crippen molar-refractivity contribution in [2.45, 2.75) is 19.5 Å². The number of rotatable bonds is 7. The number of benzene rings is 2. The minimum atomic E-state index is -4.53. The third-order valence-electron chi connectivity index (χ3n) is 3.45. The second kappa shape index (κ2) is 10.1. The zero-order chi connectivity index (χ0) is 21.4. The molecule has 0 saturated heterocycles. The van der Waals surface area contributed by atoms with Gasteiger partial charge >= 0.3 is 6.18 Å². The van der Waals surface area contributed by atoms with E-state index in [1.54, 1.807) is 18.2 Å². The van der Waals surface area contributed by atoms with Crippen molar-refractivity contribution in [2.75, 3.05) is 11.9 Å². The molecule has 10 heteroatoms. The molecule has 0 unspecified atom stereocenters. The summed E-state index contributed by atoms with van der Waals surface area (Å²) in [6.07, 6.45) is -3.74. The molecule has 154 valence electrons. The number of carbonyl (C=O) groups excluding carboxylic acids is 2. The van der Waals surface area contributed by atoms with E-state index in [4.69, 9.17) is 4.74 Å². The summed E-state index contributed by atoms with van der Waals surface area (Å²) in [5.41, 5.74) is 1.91. The Morgan fingerprint density at radius 3 is 2.59 bits per heavy atom. The third-order valence-corrected chi connectivity index (χ3v) is 4.07. The molecule has 0 atom stereocenters. The smallest absolute Gasteiger partial charge is 0.416 e. The van der Waals surface area contributed by atoms with Gasteiger partial charge < -0.3 is 10.1 Å². The highest BCUT2D eigenvalue weighted by atomic mass is 79.9. The van der Waals surface area contributed by atoms with Gasteiger partial charge in [-0.05, 0) is 64.8 Å². The average molecular weight is 472 g/mol. The number of hydrogen-bond donors (Lipinski definition) is 2. The molecule has 0 bridgehead atoms. The normalized spacial score (nSPS) is 11.3. The van der Waals surface area contributed by atoms with Gasteiger partial charge in [0.2, 0.25) is 11.8 Å². The third kappa shape index (κ3) is 7.22. The van der Waals surface area contributed by atoms with Crippen molar-refractivity contribution >= 4 is 39.6 Å². The number of halogens is 4. The van der Waals surface area contributed by atoms with Crippen molar-refractivity contribution in [2.24, 2.45) is 5.10 Å². The largest absolute Gasteiger partial charge is 0.493 e. The zero-order valence-electron chi connectivity index (χ0n) is 15.2. The Balaban J connectivity index is 1.87. The van der Waals surface area contributed by atoms with Crippen LogP contribution in [0.2, 0.25) is 0 Å². The van der Waals surface area contributed by atoms with E-state index in [1.807, 2.05) is 6.92 Å². The summed E-state index contributed by atoms with van der Waals surface area (Å²) in [4.78, 5) is 23.6. The summed E-state index contributed by atoms with van der Waals surface area (Å²) in [6.45, 7) is 2.38. The van der Waals surface area contributed by atoms with E-state index in [0.29, 0.717) is 17.9 Å². The predicted molar refractivity (Wildman–Crippen MR) is 106 cm³/mol. The Bertz CT molecular complexity index is 917. The minimum absolute atomic E-state index is 0.0552. The van der Waals surface area contributed by atoms with Crippen LogP contribution in [0.3, 0.4) is 0 Å². The molecule has 2 amide bonds. The highest BCUT2D eigenvalue weighted by Crippen LogP contribution is 2.30. The summed E-state index contributed by atoms with van der Waals surface area (Å²) in [5, 5.41) is 6.00. The summed E-state index contributed by atoms with van der Waals surface area (Å²) in [5.74, 6) is -0.809. The molecule has 6 nitrogen and oxygen atoms in total. The number of carbonyl (C=O) groups is 2. The second-order valence-corrected chi connectivity index (χ2v) is 6.57. The molecule has 2 N–H and O–H groups in total. The lowest BCUT2D eigenvalue weighted by atomic mass is 10.2. The first-order valence-electron chi connectivity index (χ1n) is 8.40. The lowest BCUT2D eigenvalue weighted by Gasteiger charge is -2.09. The van der Waals surface area contributed by atoms with Gasteiger partial charge in [-0.1, -0.05) is 6.07 Å². The highest BCUT2D eigenvalue weighted by Gasteiger charge is 2.30. The molecule has 2 aromatic carbocycles. The van der Waals surface area contributed by atoms with Crippen molar-refractivity contribution < 1.29 is 27.5 Å². The van der Waals surface area contributed by atoms with E-state index in [2.05, 4.69) is 31.8 Å². The number of amides is 2. The fraction of sp³-hybridized carbons (Fsp3) is 0.211. The summed E-state index contributed by atoms with van der Waals surface area (Å²) in [7, 11) is 0. The van der Waals surface area contributed by atoms with Crippen LogP contribution in [0.4, 0.5) is 18.9 Å². The van der Waals surface area contributed by atoms with Crippen LogP contribution in [0.25, 0.3) is 0 Å². The van der Waals surface area contributed by atoms with Crippen LogP contribution in [-0.2, 0) is 15.8 Å². The Labute approximate surface area is 173 Å². The molecule has 0 spiro atoms. The summed E-state index contributed by atoms with van der Waals surface area (Å²) < 4.78 is 44.1. The number of nitrogens with zero attached hydrogens (tertiary/aromatic N) is 1. The quantitative estimate of drug-likeness (QED) is 0.358. The average Bonchev–Trinajstić information content (AvgIpc) is 2.63. The first kappa shape index (κ1) is 22.4. The van der Waals surface area contributed by atoms with Crippen LogP contribution in [-0.4, -0.2) is 24.6 Å². The molecule has 0 saturated carbocycles. The van der Waals surface area contributed by atoms with Gasteiger partial charge in [-0.2, -0.15) is 18.3 Å². The molecular formula is C19H17BrF3N3O3. The number of anilines is 1. The number of hydrazone groups is 1. The maximum Gasteiger partial charge on any atom is 0.416 e. The van der Waals surface area contributed by atoms with E-state index >= 15 is 0 Å². The number of alkyl halides is 3. The maximum absolute atomic E-state index is 12.7. The second-order valence-electron chi connectivity index (χ2n) is 5.72. The summed E-state index contributed by atoms with van der Waals surface area (Å²) in [6, 6.07) is 9.34. The van der Waals surface area contributed by atoms with Crippen molar-refractivity contribution in [1.82, 2.24) is 5.43 Å². The van der Waals surface area contributed by atoms with Crippen LogP contribution >= 0.6 is 15.9 Å². The molecule has 2 aromatic rings. The van der Waals surface area contributed by atoms with Crippen molar-refractivity contribution in [3.8, 4) is 5.75 Å². The molecule has 0 aliphatic heterocycles. The van der Waals surface area contributed by atoms with Gasteiger partial charge in [0.1, 0.15) is 12.2 Å². The SMILES string of the molecule is CCOc1ccc(C=NNC(=O)CC(=O)Nc2cccc(C(F)(F)F)c2)cc1Br. The Hall–Kier alpha value is -2.88.